The van der Waals surface area contributed by atoms with Gasteiger partial charge in [0.05, 0.1) is 18.4 Å². The van der Waals surface area contributed by atoms with Crippen LogP contribution in [0.2, 0.25) is 0 Å². The van der Waals surface area contributed by atoms with Crippen molar-refractivity contribution in [2.75, 3.05) is 52.9 Å². The van der Waals surface area contributed by atoms with Crippen molar-refractivity contribution in [2.45, 2.75) is 43.6 Å². The third kappa shape index (κ3) is 4.95. The lowest BCUT2D eigenvalue weighted by Gasteiger charge is -2.37. The van der Waals surface area contributed by atoms with Gasteiger partial charge in [-0.25, -0.2) is 0 Å². The largest absolute Gasteiger partial charge is 0.355 e. The van der Waals surface area contributed by atoms with Gasteiger partial charge in [0.25, 0.3) is 0 Å². The molecule has 0 aromatic carbocycles. The second kappa shape index (κ2) is 9.86. The van der Waals surface area contributed by atoms with E-state index >= 15 is 0 Å². The Hall–Kier alpha value is -2.37. The summed E-state index contributed by atoms with van der Waals surface area (Å²) in [5.41, 5.74) is -0.850. The van der Waals surface area contributed by atoms with Gasteiger partial charge in [-0.2, -0.15) is 0 Å². The zero-order valence-corrected chi connectivity index (χ0v) is 19.3. The molecule has 0 aliphatic carbocycles. The molecule has 3 aliphatic rings. The number of rotatable bonds is 7. The van der Waals surface area contributed by atoms with E-state index in [1.54, 1.807) is 12.4 Å². The topological polar surface area (TPSA) is 125 Å². The van der Waals surface area contributed by atoms with Crippen LogP contribution in [0, 0.1) is 11.8 Å². The van der Waals surface area contributed by atoms with Crippen LogP contribution in [-0.4, -0.2) is 89.3 Å². The van der Waals surface area contributed by atoms with Crippen LogP contribution in [0.1, 0.15) is 49.7 Å². The van der Waals surface area contributed by atoms with Crippen molar-refractivity contribution in [3.05, 3.63) is 23.9 Å². The number of aromatic nitrogens is 4. The second-order valence-corrected chi connectivity index (χ2v) is 10.0. The number of hydrogen-bond donors (Lipinski definition) is 2. The fraction of sp³-hybridized carbons (Fsp3) is 0.773. The maximum atomic E-state index is 13.6. The molecule has 3 saturated heterocycles. The predicted molar refractivity (Wildman–Crippen MR) is 118 cm³/mol. The molecular weight excluding hydrogens is 424 g/mol. The molecule has 180 valence electrons. The summed E-state index contributed by atoms with van der Waals surface area (Å²) < 4.78 is 10.7. The summed E-state index contributed by atoms with van der Waals surface area (Å²) in [6.07, 6.45) is 7.95. The fourth-order valence-corrected chi connectivity index (χ4v) is 5.87. The summed E-state index contributed by atoms with van der Waals surface area (Å²) >= 11 is 0. The van der Waals surface area contributed by atoms with Gasteiger partial charge >= 0.3 is 0 Å². The molecule has 2 N–H and O–H groups in total. The van der Waals surface area contributed by atoms with Crippen LogP contribution in [0.4, 0.5) is 0 Å². The van der Waals surface area contributed by atoms with Crippen molar-refractivity contribution >= 4 is 5.91 Å². The first-order chi connectivity index (χ1) is 16.1. The molecule has 1 amide bonds. The van der Waals surface area contributed by atoms with Gasteiger partial charge in [0.2, 0.25) is 5.91 Å². The molecule has 11 heteroatoms. The third-order valence-corrected chi connectivity index (χ3v) is 7.64. The minimum absolute atomic E-state index is 0.0348. The SMILES string of the molecule is CN1CCC[C@H](CN2CCC(CNC(=O)C3(c4cnno4)CCNC(c4cnno4)C3)C2)C1. The molecule has 4 atom stereocenters. The molecular formula is C22H34N8O3. The summed E-state index contributed by atoms with van der Waals surface area (Å²) in [4.78, 5) is 18.6. The van der Waals surface area contributed by atoms with Crippen molar-refractivity contribution in [1.29, 1.82) is 0 Å². The zero-order chi connectivity index (χ0) is 22.7. The van der Waals surface area contributed by atoms with E-state index in [2.05, 4.69) is 48.2 Å². The van der Waals surface area contributed by atoms with Crippen molar-refractivity contribution in [3.63, 3.8) is 0 Å². The van der Waals surface area contributed by atoms with E-state index in [-0.39, 0.29) is 11.9 Å². The molecule has 5 rings (SSSR count). The molecule has 0 saturated carbocycles. The lowest BCUT2D eigenvalue weighted by Crippen LogP contribution is -2.52. The third-order valence-electron chi connectivity index (χ3n) is 7.64. The quantitative estimate of drug-likeness (QED) is 0.609. The minimum Gasteiger partial charge on any atom is -0.355 e. The minimum atomic E-state index is -0.850. The Balaban J connectivity index is 1.19. The number of carbonyl (C=O) groups excluding carboxylic acids is 1. The highest BCUT2D eigenvalue weighted by atomic mass is 16.5. The Morgan fingerprint density at radius 1 is 1.18 bits per heavy atom. The smallest absolute Gasteiger partial charge is 0.234 e. The number of hydrogen-bond acceptors (Lipinski definition) is 10. The molecule has 0 bridgehead atoms. The van der Waals surface area contributed by atoms with E-state index in [0.29, 0.717) is 43.4 Å². The standard InChI is InChI=1S/C22H34N8O3/c1-29-7-2-3-17(13-29)15-30-8-4-16(14-30)10-24-21(31)22(20-12-26-28-33-20)5-6-23-18(9-22)19-11-25-27-32-19/h11-12,16-18,23H,2-10,13-15H2,1H3,(H,24,31)/t16?,17-,18?,22?/m0/s1. The van der Waals surface area contributed by atoms with Crippen LogP contribution in [0.5, 0.6) is 0 Å². The van der Waals surface area contributed by atoms with E-state index in [4.69, 9.17) is 9.05 Å². The molecule has 3 aliphatic heterocycles. The van der Waals surface area contributed by atoms with E-state index in [9.17, 15) is 4.79 Å². The molecule has 2 aromatic rings. The first kappa shape index (κ1) is 22.4. The normalized spacial score (nSPS) is 31.6. The van der Waals surface area contributed by atoms with Crippen LogP contribution < -0.4 is 10.6 Å². The number of amides is 1. The first-order valence-electron chi connectivity index (χ1n) is 12.1. The number of nitrogens with zero attached hydrogens (tertiary/aromatic N) is 6. The van der Waals surface area contributed by atoms with Gasteiger partial charge in [-0.05, 0) is 70.6 Å². The molecule has 5 heterocycles. The Labute approximate surface area is 193 Å². The summed E-state index contributed by atoms with van der Waals surface area (Å²) in [5, 5.41) is 21.5. The highest BCUT2D eigenvalue weighted by Crippen LogP contribution is 2.40. The highest BCUT2D eigenvalue weighted by Gasteiger charge is 2.48. The fourth-order valence-electron chi connectivity index (χ4n) is 5.87. The average molecular weight is 459 g/mol. The lowest BCUT2D eigenvalue weighted by atomic mass is 9.73. The Kier molecular flexibility index (Phi) is 6.70. The van der Waals surface area contributed by atoms with Crippen molar-refractivity contribution in [1.82, 2.24) is 41.2 Å². The average Bonchev–Trinajstić information content (AvgIpc) is 3.61. The molecule has 11 nitrogen and oxygen atoms in total. The van der Waals surface area contributed by atoms with Crippen LogP contribution in [0.3, 0.4) is 0 Å². The maximum absolute atomic E-state index is 13.6. The Morgan fingerprint density at radius 2 is 2.06 bits per heavy atom. The van der Waals surface area contributed by atoms with Gasteiger partial charge in [0.1, 0.15) is 5.41 Å². The molecule has 3 fully saturated rings. The first-order valence-corrected chi connectivity index (χ1v) is 12.1. The maximum Gasteiger partial charge on any atom is 0.234 e. The van der Waals surface area contributed by atoms with Gasteiger partial charge < -0.3 is 29.5 Å². The van der Waals surface area contributed by atoms with E-state index in [1.807, 2.05) is 0 Å². The van der Waals surface area contributed by atoms with E-state index in [1.165, 1.54) is 32.5 Å². The van der Waals surface area contributed by atoms with Gasteiger partial charge in [0, 0.05) is 36.7 Å². The monoisotopic (exact) mass is 458 g/mol. The zero-order valence-electron chi connectivity index (χ0n) is 19.3. The molecule has 2 aromatic heterocycles. The van der Waals surface area contributed by atoms with Crippen LogP contribution in [0.25, 0.3) is 0 Å². The summed E-state index contributed by atoms with van der Waals surface area (Å²) in [6, 6.07) is -0.180. The lowest BCUT2D eigenvalue weighted by molar-refractivity contribution is -0.129. The predicted octanol–water partition coefficient (Wildman–Crippen LogP) is 0.595. The van der Waals surface area contributed by atoms with Gasteiger partial charge in [0.15, 0.2) is 11.5 Å². The highest BCUT2D eigenvalue weighted by molar-refractivity contribution is 5.87. The van der Waals surface area contributed by atoms with Crippen molar-refractivity contribution in [3.8, 4) is 0 Å². The Bertz CT molecular complexity index is 892. The summed E-state index contributed by atoms with van der Waals surface area (Å²) in [6.45, 7) is 7.05. The number of piperidine rings is 2. The van der Waals surface area contributed by atoms with Crippen LogP contribution in [-0.2, 0) is 10.2 Å². The number of nitrogens with one attached hydrogen (secondary N) is 2. The number of likely N-dealkylation sites (tertiary alicyclic amines) is 2. The van der Waals surface area contributed by atoms with Crippen molar-refractivity contribution in [2.24, 2.45) is 11.8 Å². The van der Waals surface area contributed by atoms with E-state index in [0.717, 1.165) is 25.4 Å². The summed E-state index contributed by atoms with van der Waals surface area (Å²) in [7, 11) is 2.22. The van der Waals surface area contributed by atoms with Crippen LogP contribution >= 0.6 is 0 Å². The summed E-state index contributed by atoms with van der Waals surface area (Å²) in [5.74, 6) is 2.30. The van der Waals surface area contributed by atoms with E-state index < -0.39 is 5.41 Å². The Morgan fingerprint density at radius 3 is 2.85 bits per heavy atom. The second-order valence-electron chi connectivity index (χ2n) is 10.0. The molecule has 0 radical (unpaired) electrons. The van der Waals surface area contributed by atoms with Gasteiger partial charge in [-0.15, -0.1) is 10.2 Å². The van der Waals surface area contributed by atoms with Crippen molar-refractivity contribution < 1.29 is 13.8 Å². The van der Waals surface area contributed by atoms with Crippen LogP contribution in [0.15, 0.2) is 21.4 Å². The molecule has 33 heavy (non-hydrogen) atoms. The number of carbonyl (C=O) groups is 1. The van der Waals surface area contributed by atoms with Gasteiger partial charge in [-0.3, -0.25) is 4.79 Å². The van der Waals surface area contributed by atoms with Gasteiger partial charge in [-0.1, -0.05) is 0 Å². The molecule has 0 spiro atoms. The molecule has 3 unspecified atom stereocenters.